The number of rotatable bonds is 10. The normalized spacial score (nSPS) is 10.2. The van der Waals surface area contributed by atoms with E-state index in [-0.39, 0.29) is 37.2 Å². The summed E-state index contributed by atoms with van der Waals surface area (Å²) in [6, 6.07) is 5.53. The van der Waals surface area contributed by atoms with Gasteiger partial charge in [-0.1, -0.05) is 12.1 Å². The predicted molar refractivity (Wildman–Crippen MR) is 89.2 cm³/mol. The number of hydrogen-bond acceptors (Lipinski definition) is 8. The molecule has 8 nitrogen and oxygen atoms in total. The Bertz CT molecular complexity index is 583. The Morgan fingerprint density at radius 3 is 1.42 bits per heavy atom. The number of hydrogen-bond donors (Lipinski definition) is 2. The van der Waals surface area contributed by atoms with Crippen LogP contribution in [-0.2, 0) is 19.1 Å². The van der Waals surface area contributed by atoms with E-state index in [9.17, 15) is 19.2 Å². The molecule has 0 atom stereocenters. The van der Waals surface area contributed by atoms with Gasteiger partial charge >= 0.3 is 23.9 Å². The molecule has 0 fully saturated rings. The molecule has 0 heterocycles. The highest BCUT2D eigenvalue weighted by Crippen LogP contribution is 2.13. The number of carbonyl (C=O) groups is 4. The molecule has 0 aliphatic carbocycles. The highest BCUT2D eigenvalue weighted by molar-refractivity contribution is 6.07. The summed E-state index contributed by atoms with van der Waals surface area (Å²) < 4.78 is 9.36. The van der Waals surface area contributed by atoms with E-state index < -0.39 is 23.9 Å². The van der Waals surface area contributed by atoms with Gasteiger partial charge in [0.15, 0.2) is 0 Å². The number of esters is 4. The van der Waals surface area contributed by atoms with Crippen LogP contribution in [0.1, 0.15) is 59.2 Å². The number of carbonyl (C=O) groups excluding carboxylic acids is 4. The lowest BCUT2D eigenvalue weighted by Gasteiger charge is -2.08. The average Bonchev–Trinajstić information content (AvgIpc) is 2.62. The number of unbranched alkanes of at least 4 members (excludes halogenated alkanes) is 2. The van der Waals surface area contributed by atoms with Crippen molar-refractivity contribution in [2.45, 2.75) is 38.5 Å². The molecule has 8 heteroatoms. The van der Waals surface area contributed by atoms with Gasteiger partial charge in [0.05, 0.1) is 11.1 Å². The van der Waals surface area contributed by atoms with Gasteiger partial charge in [0.2, 0.25) is 0 Å². The van der Waals surface area contributed by atoms with Crippen molar-refractivity contribution in [1.29, 1.82) is 0 Å². The minimum Gasteiger partial charge on any atom is -0.396 e. The molecule has 1 aromatic rings. The third kappa shape index (κ3) is 7.54. The number of aliphatic hydroxyl groups is 2. The summed E-state index contributed by atoms with van der Waals surface area (Å²) in [6.45, 7) is -0.134. The summed E-state index contributed by atoms with van der Waals surface area (Å²) in [4.78, 5) is 47.4. The lowest BCUT2D eigenvalue weighted by atomic mass is 10.1. The largest absolute Gasteiger partial charge is 0.396 e. The Labute approximate surface area is 150 Å². The Morgan fingerprint density at radius 2 is 1.08 bits per heavy atom. The van der Waals surface area contributed by atoms with Gasteiger partial charge < -0.3 is 19.7 Å². The molecule has 142 valence electrons. The molecule has 1 rings (SSSR count). The maximum atomic E-state index is 12.1. The average molecular weight is 366 g/mol. The third-order valence-corrected chi connectivity index (χ3v) is 3.36. The van der Waals surface area contributed by atoms with E-state index in [2.05, 4.69) is 9.47 Å². The molecule has 0 bridgehead atoms. The lowest BCUT2D eigenvalue weighted by molar-refractivity contribution is -0.139. The fraction of sp³-hybridized carbons (Fsp3) is 0.444. The number of ether oxygens (including phenoxy) is 2. The van der Waals surface area contributed by atoms with Crippen molar-refractivity contribution < 1.29 is 38.9 Å². The van der Waals surface area contributed by atoms with Crippen LogP contribution in [0.15, 0.2) is 24.3 Å². The zero-order valence-corrected chi connectivity index (χ0v) is 14.3. The van der Waals surface area contributed by atoms with E-state index in [0.717, 1.165) is 0 Å². The summed E-state index contributed by atoms with van der Waals surface area (Å²) in [5.41, 5.74) is -0.368. The van der Waals surface area contributed by atoms with Crippen LogP contribution in [0.5, 0.6) is 0 Å². The van der Waals surface area contributed by atoms with Crippen molar-refractivity contribution >= 4 is 23.9 Å². The van der Waals surface area contributed by atoms with Crippen LogP contribution in [0, 0.1) is 0 Å². The monoisotopic (exact) mass is 366 g/mol. The predicted octanol–water partition coefficient (Wildman–Crippen LogP) is 1.38. The summed E-state index contributed by atoms with van der Waals surface area (Å²) in [5.74, 6) is -3.57. The third-order valence-electron chi connectivity index (χ3n) is 3.36. The first kappa shape index (κ1) is 21.5. The molecule has 0 aromatic heterocycles. The molecule has 1 aromatic carbocycles. The first-order valence-corrected chi connectivity index (χ1v) is 8.30. The molecule has 0 saturated carbocycles. The molecule has 0 amide bonds. The van der Waals surface area contributed by atoms with Gasteiger partial charge in [0.25, 0.3) is 0 Å². The summed E-state index contributed by atoms with van der Waals surface area (Å²) in [5, 5.41) is 17.3. The molecule has 0 aliphatic heterocycles. The van der Waals surface area contributed by atoms with Gasteiger partial charge in [0, 0.05) is 26.1 Å². The van der Waals surface area contributed by atoms with E-state index in [0.29, 0.717) is 25.7 Å². The van der Waals surface area contributed by atoms with Crippen LogP contribution in [0.2, 0.25) is 0 Å². The SMILES string of the molecule is O=C(CCCCO)OC(=O)c1ccccc1C(=O)OC(=O)CCCCO. The second-order valence-corrected chi connectivity index (χ2v) is 5.43. The van der Waals surface area contributed by atoms with Crippen LogP contribution in [0.3, 0.4) is 0 Å². The number of benzene rings is 1. The minimum absolute atomic E-state index is 0.0394. The Balaban J connectivity index is 2.71. The fourth-order valence-corrected chi connectivity index (χ4v) is 2.02. The van der Waals surface area contributed by atoms with Gasteiger partial charge in [-0.05, 0) is 37.8 Å². The topological polar surface area (TPSA) is 127 Å². The highest BCUT2D eigenvalue weighted by Gasteiger charge is 2.22. The van der Waals surface area contributed by atoms with E-state index in [1.807, 2.05) is 0 Å². The fourth-order valence-electron chi connectivity index (χ4n) is 2.02. The van der Waals surface area contributed by atoms with Gasteiger partial charge in [-0.2, -0.15) is 0 Å². The van der Waals surface area contributed by atoms with Crippen molar-refractivity contribution in [1.82, 2.24) is 0 Å². The summed E-state index contributed by atoms with van der Waals surface area (Å²) >= 11 is 0. The lowest BCUT2D eigenvalue weighted by Crippen LogP contribution is -2.19. The van der Waals surface area contributed by atoms with Crippen molar-refractivity contribution in [2.24, 2.45) is 0 Å². The first-order chi connectivity index (χ1) is 12.5. The molecule has 0 aliphatic rings. The molecular formula is C18H22O8. The van der Waals surface area contributed by atoms with Crippen LogP contribution in [0.4, 0.5) is 0 Å². The molecule has 2 N–H and O–H groups in total. The van der Waals surface area contributed by atoms with Crippen LogP contribution >= 0.6 is 0 Å². The molecule has 26 heavy (non-hydrogen) atoms. The van der Waals surface area contributed by atoms with E-state index in [1.54, 1.807) is 0 Å². The highest BCUT2D eigenvalue weighted by atomic mass is 16.6. The van der Waals surface area contributed by atoms with Crippen molar-refractivity contribution in [3.8, 4) is 0 Å². The minimum atomic E-state index is -1.01. The number of aliphatic hydroxyl groups excluding tert-OH is 2. The Kier molecular flexibility index (Phi) is 9.81. The maximum absolute atomic E-state index is 12.1. The van der Waals surface area contributed by atoms with Crippen molar-refractivity contribution in [3.63, 3.8) is 0 Å². The van der Waals surface area contributed by atoms with Gasteiger partial charge in [-0.3, -0.25) is 9.59 Å². The maximum Gasteiger partial charge on any atom is 0.346 e. The van der Waals surface area contributed by atoms with E-state index in [4.69, 9.17) is 10.2 Å². The van der Waals surface area contributed by atoms with Crippen LogP contribution < -0.4 is 0 Å². The molecule has 0 spiro atoms. The van der Waals surface area contributed by atoms with E-state index in [1.165, 1.54) is 24.3 Å². The summed E-state index contributed by atoms with van der Waals surface area (Å²) in [7, 11) is 0. The second kappa shape index (κ2) is 11.9. The second-order valence-electron chi connectivity index (χ2n) is 5.43. The van der Waals surface area contributed by atoms with Crippen molar-refractivity contribution in [3.05, 3.63) is 35.4 Å². The molecular weight excluding hydrogens is 344 g/mol. The zero-order chi connectivity index (χ0) is 19.4. The summed E-state index contributed by atoms with van der Waals surface area (Å²) in [6.07, 6.45) is 1.48. The van der Waals surface area contributed by atoms with Gasteiger partial charge in [-0.25, -0.2) is 9.59 Å². The smallest absolute Gasteiger partial charge is 0.346 e. The molecule has 0 unspecified atom stereocenters. The van der Waals surface area contributed by atoms with Crippen LogP contribution in [-0.4, -0.2) is 47.3 Å². The first-order valence-electron chi connectivity index (χ1n) is 8.30. The Hall–Kier alpha value is -2.58. The van der Waals surface area contributed by atoms with Crippen LogP contribution in [0.25, 0.3) is 0 Å². The van der Waals surface area contributed by atoms with Crippen molar-refractivity contribution in [2.75, 3.05) is 13.2 Å². The standard InChI is InChI=1S/C18H22O8/c19-11-5-3-9-15(21)25-17(23)13-7-1-2-8-14(13)18(24)26-16(22)10-4-6-12-20/h1-2,7-8,19-20H,3-6,9-12H2. The van der Waals surface area contributed by atoms with E-state index >= 15 is 0 Å². The van der Waals surface area contributed by atoms with Gasteiger partial charge in [-0.15, -0.1) is 0 Å². The molecule has 0 saturated heterocycles. The Morgan fingerprint density at radius 1 is 0.692 bits per heavy atom. The zero-order valence-electron chi connectivity index (χ0n) is 14.3. The van der Waals surface area contributed by atoms with Gasteiger partial charge in [0.1, 0.15) is 0 Å². The quantitative estimate of drug-likeness (QED) is 0.361. The molecule has 0 radical (unpaired) electrons.